The number of halogens is 4. The van der Waals surface area contributed by atoms with E-state index in [1.165, 1.54) is 55.6 Å². The van der Waals surface area contributed by atoms with Gasteiger partial charge < -0.3 is 10.1 Å². The lowest BCUT2D eigenvalue weighted by Crippen LogP contribution is -2.21. The Morgan fingerprint density at radius 2 is 1.76 bits per heavy atom. The van der Waals surface area contributed by atoms with Gasteiger partial charge in [0, 0.05) is 22.4 Å². The molecule has 3 aromatic rings. The molecule has 1 amide bonds. The Morgan fingerprint density at radius 1 is 1.09 bits per heavy atom. The van der Waals surface area contributed by atoms with E-state index in [9.17, 15) is 26.6 Å². The molecule has 3 rings (SSSR count). The third-order valence-electron chi connectivity index (χ3n) is 4.65. The predicted molar refractivity (Wildman–Crippen MR) is 112 cm³/mol. The number of ether oxygens (including phenoxy) is 1. The number of anilines is 1. The minimum absolute atomic E-state index is 0.0561. The van der Waals surface area contributed by atoms with E-state index in [2.05, 4.69) is 15.5 Å². The third-order valence-corrected chi connectivity index (χ3v) is 5.80. The lowest BCUT2D eigenvalue weighted by Gasteiger charge is -2.17. The molecular weight excluding hydrogens is 464 g/mol. The number of nitrogens with zero attached hydrogens (tertiary/aromatic N) is 2. The topological polar surface area (TPSA) is 105 Å². The SMILES string of the molecule is Cc1c(F)cccc1Oc1nnc(C(F)(F)F)c(C)c1C(=O)Nc1cccc(S(C)(=N)=O)c1. The standard InChI is InChI=1S/C21H18F4N4O3S/c1-11-15(22)8-5-9-16(11)32-20-17(12(2)18(28-29-20)21(23,24)25)19(30)27-13-6-4-7-14(10-13)33(3,26)31/h4-10,26H,1-3H3,(H,27,30). The zero-order chi connectivity index (χ0) is 24.6. The number of hydrogen-bond donors (Lipinski definition) is 2. The molecule has 1 aromatic heterocycles. The summed E-state index contributed by atoms with van der Waals surface area (Å²) in [7, 11) is -3.10. The van der Waals surface area contributed by atoms with E-state index >= 15 is 0 Å². The number of rotatable bonds is 5. The summed E-state index contributed by atoms with van der Waals surface area (Å²) in [6.45, 7) is 2.43. The molecule has 2 aromatic carbocycles. The van der Waals surface area contributed by atoms with Crippen LogP contribution in [0.2, 0.25) is 0 Å². The normalized spacial score (nSPS) is 13.3. The fraction of sp³-hybridized carbons (Fsp3) is 0.190. The number of alkyl halides is 3. The third kappa shape index (κ3) is 5.28. The first-order chi connectivity index (χ1) is 15.3. The molecular formula is C21H18F4N4O3S. The second-order valence-corrected chi connectivity index (χ2v) is 9.30. The van der Waals surface area contributed by atoms with Crippen molar-refractivity contribution in [2.75, 3.05) is 11.6 Å². The number of hydrogen-bond acceptors (Lipinski definition) is 6. The molecule has 1 atom stereocenters. The summed E-state index contributed by atoms with van der Waals surface area (Å²) in [6.07, 6.45) is -3.70. The molecule has 12 heteroatoms. The second kappa shape index (κ2) is 8.77. The summed E-state index contributed by atoms with van der Waals surface area (Å²) >= 11 is 0. The Hall–Kier alpha value is -3.54. The van der Waals surface area contributed by atoms with Gasteiger partial charge in [-0.1, -0.05) is 12.1 Å². The van der Waals surface area contributed by atoms with Crippen molar-refractivity contribution >= 4 is 21.3 Å². The molecule has 1 unspecified atom stereocenters. The molecule has 0 bridgehead atoms. The van der Waals surface area contributed by atoms with Crippen LogP contribution in [-0.4, -0.2) is 26.6 Å². The Balaban J connectivity index is 2.09. The van der Waals surface area contributed by atoms with Crippen LogP contribution >= 0.6 is 0 Å². The number of aromatic nitrogens is 2. The van der Waals surface area contributed by atoms with Crippen molar-refractivity contribution in [2.24, 2.45) is 0 Å². The predicted octanol–water partition coefficient (Wildman–Crippen LogP) is 5.33. The fourth-order valence-electron chi connectivity index (χ4n) is 2.92. The Morgan fingerprint density at radius 3 is 2.39 bits per heavy atom. The molecule has 0 saturated carbocycles. The largest absolute Gasteiger partial charge is 0.437 e. The van der Waals surface area contributed by atoms with E-state index in [1.54, 1.807) is 0 Å². The van der Waals surface area contributed by atoms with Crippen molar-refractivity contribution in [1.29, 1.82) is 4.78 Å². The molecule has 0 radical (unpaired) electrons. The average molecular weight is 482 g/mol. The van der Waals surface area contributed by atoms with Crippen molar-refractivity contribution < 1.29 is 31.3 Å². The van der Waals surface area contributed by atoms with Gasteiger partial charge in [0.2, 0.25) is 0 Å². The van der Waals surface area contributed by atoms with E-state index in [4.69, 9.17) is 9.52 Å². The van der Waals surface area contributed by atoms with E-state index in [0.717, 1.165) is 6.92 Å². The maximum atomic E-state index is 13.9. The van der Waals surface area contributed by atoms with E-state index in [0.29, 0.717) is 0 Å². The van der Waals surface area contributed by atoms with Crippen molar-refractivity contribution in [2.45, 2.75) is 24.9 Å². The van der Waals surface area contributed by atoms with Crippen LogP contribution in [-0.2, 0) is 15.9 Å². The molecule has 0 spiro atoms. The van der Waals surface area contributed by atoms with Crippen molar-refractivity contribution in [3.05, 3.63) is 70.7 Å². The smallest absolute Gasteiger partial charge is 0.435 e. The molecule has 0 saturated heterocycles. The molecule has 0 aliphatic rings. The van der Waals surface area contributed by atoms with Crippen LogP contribution in [0.1, 0.15) is 27.2 Å². The molecule has 33 heavy (non-hydrogen) atoms. The van der Waals surface area contributed by atoms with Gasteiger partial charge in [-0.2, -0.15) is 13.2 Å². The highest BCUT2D eigenvalue weighted by Crippen LogP contribution is 2.35. The first-order valence-electron chi connectivity index (χ1n) is 9.31. The Bertz CT molecular complexity index is 1340. The summed E-state index contributed by atoms with van der Waals surface area (Å²) in [4.78, 5) is 13.1. The van der Waals surface area contributed by atoms with Gasteiger partial charge in [0.05, 0.1) is 9.73 Å². The van der Waals surface area contributed by atoms with Crippen LogP contribution in [0, 0.1) is 24.4 Å². The number of carbonyl (C=O) groups excluding carboxylic acids is 1. The van der Waals surface area contributed by atoms with Gasteiger partial charge in [0.1, 0.15) is 17.1 Å². The van der Waals surface area contributed by atoms with Crippen molar-refractivity contribution in [3.63, 3.8) is 0 Å². The van der Waals surface area contributed by atoms with Crippen LogP contribution in [0.15, 0.2) is 47.4 Å². The highest BCUT2D eigenvalue weighted by atomic mass is 32.2. The summed E-state index contributed by atoms with van der Waals surface area (Å²) in [6, 6.07) is 9.42. The minimum atomic E-state index is -4.89. The number of nitrogens with one attached hydrogen (secondary N) is 2. The van der Waals surface area contributed by atoms with Crippen LogP contribution in [0.25, 0.3) is 0 Å². The number of carbonyl (C=O) groups is 1. The van der Waals surface area contributed by atoms with Gasteiger partial charge in [-0.3, -0.25) is 4.79 Å². The first-order valence-corrected chi connectivity index (χ1v) is 11.3. The molecule has 7 nitrogen and oxygen atoms in total. The zero-order valence-electron chi connectivity index (χ0n) is 17.6. The Labute approximate surface area is 186 Å². The molecule has 0 fully saturated rings. The van der Waals surface area contributed by atoms with Gasteiger partial charge >= 0.3 is 6.18 Å². The fourth-order valence-corrected chi connectivity index (χ4v) is 3.61. The van der Waals surface area contributed by atoms with Gasteiger partial charge in [-0.15, -0.1) is 10.2 Å². The molecule has 1 heterocycles. The highest BCUT2D eigenvalue weighted by Gasteiger charge is 2.38. The van der Waals surface area contributed by atoms with Gasteiger partial charge in [-0.05, 0) is 49.7 Å². The number of amides is 1. The van der Waals surface area contributed by atoms with E-state index in [-0.39, 0.29) is 21.9 Å². The summed E-state index contributed by atoms with van der Waals surface area (Å²) < 4.78 is 79.2. The van der Waals surface area contributed by atoms with Crippen molar-refractivity contribution in [1.82, 2.24) is 10.2 Å². The second-order valence-electron chi connectivity index (χ2n) is 7.14. The van der Waals surface area contributed by atoms with Gasteiger partial charge in [0.25, 0.3) is 11.8 Å². The van der Waals surface area contributed by atoms with Crippen molar-refractivity contribution in [3.8, 4) is 11.6 Å². The van der Waals surface area contributed by atoms with Crippen LogP contribution in [0.4, 0.5) is 23.2 Å². The summed E-state index contributed by atoms with van der Waals surface area (Å²) in [5, 5.41) is 9.00. The molecule has 174 valence electrons. The average Bonchev–Trinajstić information content (AvgIpc) is 2.70. The van der Waals surface area contributed by atoms with Gasteiger partial charge in [-0.25, -0.2) is 13.4 Å². The highest BCUT2D eigenvalue weighted by molar-refractivity contribution is 7.91. The van der Waals surface area contributed by atoms with Crippen LogP contribution in [0.3, 0.4) is 0 Å². The van der Waals surface area contributed by atoms with E-state index < -0.39 is 50.3 Å². The minimum Gasteiger partial charge on any atom is -0.437 e. The van der Waals surface area contributed by atoms with Gasteiger partial charge in [0.15, 0.2) is 5.69 Å². The monoisotopic (exact) mass is 482 g/mol. The maximum absolute atomic E-state index is 13.9. The molecule has 0 aliphatic carbocycles. The molecule has 0 aliphatic heterocycles. The lowest BCUT2D eigenvalue weighted by molar-refractivity contribution is -0.142. The molecule has 2 N–H and O–H groups in total. The lowest BCUT2D eigenvalue weighted by atomic mass is 10.1. The van der Waals surface area contributed by atoms with Crippen LogP contribution < -0.4 is 10.1 Å². The zero-order valence-corrected chi connectivity index (χ0v) is 18.4. The maximum Gasteiger partial charge on any atom is 0.435 e. The van der Waals surface area contributed by atoms with Crippen LogP contribution in [0.5, 0.6) is 11.6 Å². The first kappa shape index (κ1) is 24.1. The number of benzene rings is 2. The van der Waals surface area contributed by atoms with E-state index in [1.807, 2.05) is 0 Å². The summed E-state index contributed by atoms with van der Waals surface area (Å²) in [5.74, 6) is -2.24. The quantitative estimate of drug-likeness (QED) is 0.478. The Kier molecular flexibility index (Phi) is 6.41. The summed E-state index contributed by atoms with van der Waals surface area (Å²) in [5.41, 5.74) is -2.34.